The Morgan fingerprint density at radius 2 is 1.87 bits per heavy atom. The first-order chi connectivity index (χ1) is 10.7. The molecule has 0 fully saturated rings. The lowest BCUT2D eigenvalue weighted by Crippen LogP contribution is -2.45. The van der Waals surface area contributed by atoms with Crippen LogP contribution in [0, 0.1) is 5.92 Å². The van der Waals surface area contributed by atoms with Gasteiger partial charge in [-0.25, -0.2) is 4.79 Å². The van der Waals surface area contributed by atoms with Crippen molar-refractivity contribution in [1.82, 2.24) is 5.32 Å². The normalized spacial score (nSPS) is 13.7. The highest BCUT2D eigenvalue weighted by Crippen LogP contribution is 2.12. The molecule has 2 atom stereocenters. The molecule has 0 spiro atoms. The van der Waals surface area contributed by atoms with E-state index in [0.717, 1.165) is 5.56 Å². The van der Waals surface area contributed by atoms with E-state index in [-0.39, 0.29) is 11.7 Å². The van der Waals surface area contributed by atoms with Gasteiger partial charge in [-0.3, -0.25) is 4.79 Å². The van der Waals surface area contributed by atoms with Crippen LogP contribution >= 0.6 is 0 Å². The van der Waals surface area contributed by atoms with Gasteiger partial charge in [0.1, 0.15) is 5.60 Å². The highest BCUT2D eigenvalue weighted by Gasteiger charge is 2.25. The van der Waals surface area contributed by atoms with Crippen LogP contribution in [0.2, 0.25) is 0 Å². The first-order valence-corrected chi connectivity index (χ1v) is 7.90. The zero-order valence-corrected chi connectivity index (χ0v) is 14.5. The molecule has 1 amide bonds. The molecule has 0 saturated carbocycles. The zero-order valence-electron chi connectivity index (χ0n) is 14.5. The second-order valence-corrected chi connectivity index (χ2v) is 6.77. The molecule has 0 aliphatic carbocycles. The van der Waals surface area contributed by atoms with Crippen LogP contribution in [-0.4, -0.2) is 23.5 Å². The van der Waals surface area contributed by atoms with Gasteiger partial charge in [-0.2, -0.15) is 0 Å². The quantitative estimate of drug-likeness (QED) is 0.776. The van der Waals surface area contributed by atoms with Crippen molar-refractivity contribution in [2.45, 2.75) is 52.2 Å². The average molecular weight is 317 g/mol. The van der Waals surface area contributed by atoms with Gasteiger partial charge in [0, 0.05) is 6.42 Å². The molecule has 126 valence electrons. The van der Waals surface area contributed by atoms with Gasteiger partial charge in [-0.1, -0.05) is 43.3 Å². The molecule has 1 rings (SSSR count). The van der Waals surface area contributed by atoms with E-state index in [2.05, 4.69) is 11.9 Å². The molecule has 0 heterocycles. The molecule has 1 aromatic rings. The van der Waals surface area contributed by atoms with E-state index in [1.807, 2.05) is 37.3 Å². The number of hydrogen-bond donors (Lipinski definition) is 1. The second-order valence-electron chi connectivity index (χ2n) is 6.77. The van der Waals surface area contributed by atoms with Gasteiger partial charge in [-0.15, -0.1) is 6.58 Å². The van der Waals surface area contributed by atoms with Crippen molar-refractivity contribution in [3.63, 3.8) is 0 Å². The summed E-state index contributed by atoms with van der Waals surface area (Å²) >= 11 is 0. The monoisotopic (exact) mass is 317 g/mol. The number of alkyl carbamates (subject to hydrolysis) is 1. The number of allylic oxidation sites excluding steroid dienone is 1. The second kappa shape index (κ2) is 8.51. The Kier molecular flexibility index (Phi) is 7.01. The molecule has 0 aliphatic rings. The van der Waals surface area contributed by atoms with Crippen LogP contribution < -0.4 is 5.32 Å². The maximum absolute atomic E-state index is 12.5. The maximum atomic E-state index is 12.5. The number of benzene rings is 1. The molecular formula is C19H27NO3. The van der Waals surface area contributed by atoms with Crippen molar-refractivity contribution in [3.05, 3.63) is 48.6 Å². The fourth-order valence-corrected chi connectivity index (χ4v) is 2.09. The summed E-state index contributed by atoms with van der Waals surface area (Å²) in [6.45, 7) is 11.0. The Morgan fingerprint density at radius 1 is 1.26 bits per heavy atom. The summed E-state index contributed by atoms with van der Waals surface area (Å²) in [7, 11) is 0. The van der Waals surface area contributed by atoms with Crippen LogP contribution in [0.1, 0.15) is 39.7 Å². The first-order valence-electron chi connectivity index (χ1n) is 7.90. The molecule has 0 aliphatic heterocycles. The third kappa shape index (κ3) is 7.63. The lowest BCUT2D eigenvalue weighted by molar-refractivity contribution is -0.121. The summed E-state index contributed by atoms with van der Waals surface area (Å²) in [5.41, 5.74) is 0.395. The molecule has 0 saturated heterocycles. The summed E-state index contributed by atoms with van der Waals surface area (Å²) in [5, 5.41) is 2.71. The van der Waals surface area contributed by atoms with E-state index in [9.17, 15) is 9.59 Å². The molecule has 1 N–H and O–H groups in total. The Hall–Kier alpha value is -2.10. The van der Waals surface area contributed by atoms with Crippen LogP contribution in [0.25, 0.3) is 0 Å². The minimum absolute atomic E-state index is 0.0212. The molecular weight excluding hydrogens is 290 g/mol. The SMILES string of the molecule is C=CC(C)CC(=O)[C@H](Cc1ccccc1)NC(=O)OC(C)(C)C. The summed E-state index contributed by atoms with van der Waals surface area (Å²) in [6.07, 6.45) is 1.96. The number of ketones is 1. The van der Waals surface area contributed by atoms with Gasteiger partial charge < -0.3 is 10.1 Å². The number of amides is 1. The van der Waals surface area contributed by atoms with Crippen LogP contribution in [0.15, 0.2) is 43.0 Å². The number of nitrogens with one attached hydrogen (secondary N) is 1. The third-order valence-corrected chi connectivity index (χ3v) is 3.29. The van der Waals surface area contributed by atoms with Crippen molar-refractivity contribution in [1.29, 1.82) is 0 Å². The Labute approximate surface area is 138 Å². The fourth-order valence-electron chi connectivity index (χ4n) is 2.09. The number of Topliss-reactive ketones (excluding diaryl/α,β-unsaturated/α-hetero) is 1. The summed E-state index contributed by atoms with van der Waals surface area (Å²) in [5.74, 6) is 0.0494. The van der Waals surface area contributed by atoms with Gasteiger partial charge in [0.2, 0.25) is 0 Å². The number of carbonyl (C=O) groups excluding carboxylic acids is 2. The van der Waals surface area contributed by atoms with E-state index < -0.39 is 17.7 Å². The molecule has 0 radical (unpaired) electrons. The topological polar surface area (TPSA) is 55.4 Å². The number of ether oxygens (including phenoxy) is 1. The van der Waals surface area contributed by atoms with Gasteiger partial charge in [0.15, 0.2) is 5.78 Å². The van der Waals surface area contributed by atoms with Crippen molar-refractivity contribution in [2.24, 2.45) is 5.92 Å². The Morgan fingerprint density at radius 3 is 2.39 bits per heavy atom. The number of hydrogen-bond acceptors (Lipinski definition) is 3. The van der Waals surface area contributed by atoms with E-state index in [0.29, 0.717) is 12.8 Å². The zero-order chi connectivity index (χ0) is 17.5. The van der Waals surface area contributed by atoms with Gasteiger partial charge >= 0.3 is 6.09 Å². The van der Waals surface area contributed by atoms with E-state index in [1.54, 1.807) is 26.8 Å². The van der Waals surface area contributed by atoms with Crippen LogP contribution in [0.5, 0.6) is 0 Å². The minimum Gasteiger partial charge on any atom is -0.444 e. The van der Waals surface area contributed by atoms with E-state index >= 15 is 0 Å². The fraction of sp³-hybridized carbons (Fsp3) is 0.474. The lowest BCUT2D eigenvalue weighted by Gasteiger charge is -2.23. The Bertz CT molecular complexity index is 531. The number of carbonyl (C=O) groups is 2. The molecule has 1 aromatic carbocycles. The van der Waals surface area contributed by atoms with Crippen molar-refractivity contribution in [3.8, 4) is 0 Å². The largest absolute Gasteiger partial charge is 0.444 e. The average Bonchev–Trinajstić information content (AvgIpc) is 2.45. The van der Waals surface area contributed by atoms with Crippen LogP contribution in [-0.2, 0) is 16.0 Å². The van der Waals surface area contributed by atoms with E-state index in [4.69, 9.17) is 4.74 Å². The minimum atomic E-state index is -0.602. The first kappa shape index (κ1) is 18.9. The van der Waals surface area contributed by atoms with Crippen LogP contribution in [0.3, 0.4) is 0 Å². The molecule has 0 bridgehead atoms. The third-order valence-electron chi connectivity index (χ3n) is 3.29. The maximum Gasteiger partial charge on any atom is 0.408 e. The predicted octanol–water partition coefficient (Wildman–Crippen LogP) is 3.90. The highest BCUT2D eigenvalue weighted by atomic mass is 16.6. The Balaban J connectivity index is 2.81. The van der Waals surface area contributed by atoms with Gasteiger partial charge in [0.05, 0.1) is 6.04 Å². The molecule has 23 heavy (non-hydrogen) atoms. The summed E-state index contributed by atoms with van der Waals surface area (Å²) in [4.78, 5) is 24.5. The summed E-state index contributed by atoms with van der Waals surface area (Å²) < 4.78 is 5.26. The molecule has 1 unspecified atom stereocenters. The van der Waals surface area contributed by atoms with Gasteiger partial charge in [0.25, 0.3) is 0 Å². The summed E-state index contributed by atoms with van der Waals surface area (Å²) in [6, 6.07) is 9.02. The highest BCUT2D eigenvalue weighted by molar-refractivity contribution is 5.88. The van der Waals surface area contributed by atoms with E-state index in [1.165, 1.54) is 0 Å². The standard InChI is InChI=1S/C19H27NO3/c1-6-14(2)12-17(21)16(13-15-10-8-7-9-11-15)20-18(22)23-19(3,4)5/h6-11,14,16H,1,12-13H2,2-5H3,(H,20,22)/t14?,16-/m0/s1. The predicted molar refractivity (Wildman–Crippen MR) is 92.3 cm³/mol. The van der Waals surface area contributed by atoms with Crippen molar-refractivity contribution in [2.75, 3.05) is 0 Å². The van der Waals surface area contributed by atoms with Crippen LogP contribution in [0.4, 0.5) is 4.79 Å². The van der Waals surface area contributed by atoms with Gasteiger partial charge in [-0.05, 0) is 38.7 Å². The van der Waals surface area contributed by atoms with Crippen molar-refractivity contribution < 1.29 is 14.3 Å². The van der Waals surface area contributed by atoms with Crippen molar-refractivity contribution >= 4 is 11.9 Å². The number of rotatable bonds is 7. The smallest absolute Gasteiger partial charge is 0.408 e. The lowest BCUT2D eigenvalue weighted by atomic mass is 9.96. The molecule has 4 nitrogen and oxygen atoms in total. The molecule has 0 aromatic heterocycles. The molecule has 4 heteroatoms.